The van der Waals surface area contributed by atoms with Gasteiger partial charge >= 0.3 is 5.97 Å². The first-order valence-corrected chi connectivity index (χ1v) is 5.41. The number of carbonyl (C=O) groups is 1. The fourth-order valence-electron chi connectivity index (χ4n) is 1.79. The molecule has 6 heteroatoms. The number of nitrogens with two attached hydrogens (primary N) is 1. The van der Waals surface area contributed by atoms with Crippen LogP contribution in [0.25, 0.3) is 5.69 Å². The Bertz CT molecular complexity index is 584. The van der Waals surface area contributed by atoms with Crippen molar-refractivity contribution in [1.29, 1.82) is 0 Å². The van der Waals surface area contributed by atoms with Gasteiger partial charge in [-0.05, 0) is 37.1 Å². The zero-order chi connectivity index (χ0) is 13.3. The lowest BCUT2D eigenvalue weighted by molar-refractivity contribution is 0.0595. The smallest absolute Gasteiger partial charge is 0.362 e. The minimum absolute atomic E-state index is 0.0247. The molecule has 18 heavy (non-hydrogen) atoms. The summed E-state index contributed by atoms with van der Waals surface area (Å²) < 4.78 is 6.00. The van der Waals surface area contributed by atoms with Gasteiger partial charge in [0, 0.05) is 0 Å². The molecule has 0 atom stereocenters. The highest BCUT2D eigenvalue weighted by atomic mass is 16.5. The van der Waals surface area contributed by atoms with E-state index in [0.29, 0.717) is 0 Å². The Morgan fingerprint density at radius 2 is 1.89 bits per heavy atom. The monoisotopic (exact) mass is 246 g/mol. The molecule has 6 nitrogen and oxygen atoms in total. The quantitative estimate of drug-likeness (QED) is 0.806. The van der Waals surface area contributed by atoms with Crippen molar-refractivity contribution in [2.24, 2.45) is 0 Å². The lowest BCUT2D eigenvalue weighted by Crippen LogP contribution is -2.08. The predicted molar refractivity (Wildman–Crippen MR) is 66.6 cm³/mol. The summed E-state index contributed by atoms with van der Waals surface area (Å²) in [7, 11) is 1.28. The first kappa shape index (κ1) is 12.1. The number of aryl methyl sites for hydroxylation is 2. The van der Waals surface area contributed by atoms with E-state index in [4.69, 9.17) is 5.73 Å². The van der Waals surface area contributed by atoms with Crippen molar-refractivity contribution in [1.82, 2.24) is 15.0 Å². The molecule has 1 heterocycles. The van der Waals surface area contributed by atoms with E-state index in [1.54, 1.807) is 0 Å². The number of nitrogen functional groups attached to an aromatic ring is 1. The van der Waals surface area contributed by atoms with E-state index in [-0.39, 0.29) is 11.5 Å². The van der Waals surface area contributed by atoms with Crippen LogP contribution in [-0.4, -0.2) is 28.1 Å². The van der Waals surface area contributed by atoms with Gasteiger partial charge in [-0.15, -0.1) is 5.10 Å². The van der Waals surface area contributed by atoms with Gasteiger partial charge in [-0.2, -0.15) is 4.68 Å². The highest BCUT2D eigenvalue weighted by molar-refractivity contribution is 5.92. The van der Waals surface area contributed by atoms with Crippen LogP contribution in [-0.2, 0) is 4.74 Å². The van der Waals surface area contributed by atoms with Crippen LogP contribution in [0.15, 0.2) is 18.2 Å². The molecular formula is C12H14N4O2. The molecule has 2 rings (SSSR count). The number of ether oxygens (including phenoxy) is 1. The minimum atomic E-state index is -0.594. The Hall–Kier alpha value is -2.37. The molecule has 0 spiro atoms. The molecule has 0 saturated carbocycles. The average molecular weight is 246 g/mol. The molecule has 0 fully saturated rings. The maximum absolute atomic E-state index is 11.4. The summed E-state index contributed by atoms with van der Waals surface area (Å²) in [6.45, 7) is 3.95. The number of benzene rings is 1. The van der Waals surface area contributed by atoms with Crippen LogP contribution in [0.1, 0.15) is 21.6 Å². The van der Waals surface area contributed by atoms with E-state index >= 15 is 0 Å². The van der Waals surface area contributed by atoms with Gasteiger partial charge in [0.1, 0.15) is 0 Å². The zero-order valence-corrected chi connectivity index (χ0v) is 10.5. The van der Waals surface area contributed by atoms with Crippen molar-refractivity contribution in [2.75, 3.05) is 12.8 Å². The van der Waals surface area contributed by atoms with Gasteiger partial charge in [-0.3, -0.25) is 0 Å². The Balaban J connectivity index is 2.52. The van der Waals surface area contributed by atoms with Crippen molar-refractivity contribution >= 4 is 11.8 Å². The van der Waals surface area contributed by atoms with Gasteiger partial charge in [0.05, 0.1) is 12.8 Å². The van der Waals surface area contributed by atoms with E-state index < -0.39 is 5.97 Å². The number of hydrogen-bond donors (Lipinski definition) is 1. The molecule has 0 aliphatic heterocycles. The molecule has 94 valence electrons. The summed E-state index contributed by atoms with van der Waals surface area (Å²) in [5.74, 6) is -0.421. The minimum Gasteiger partial charge on any atom is -0.464 e. The van der Waals surface area contributed by atoms with Gasteiger partial charge in [0.25, 0.3) is 0 Å². The van der Waals surface area contributed by atoms with Crippen LogP contribution in [0, 0.1) is 13.8 Å². The van der Waals surface area contributed by atoms with Crippen LogP contribution < -0.4 is 5.73 Å². The lowest BCUT2D eigenvalue weighted by Gasteiger charge is -2.06. The van der Waals surface area contributed by atoms with E-state index in [2.05, 4.69) is 15.0 Å². The second-order valence-electron chi connectivity index (χ2n) is 4.07. The maximum Gasteiger partial charge on any atom is 0.362 e. The second-order valence-corrected chi connectivity index (χ2v) is 4.07. The van der Waals surface area contributed by atoms with Gasteiger partial charge < -0.3 is 10.5 Å². The number of anilines is 1. The number of nitrogens with zero attached hydrogens (tertiary/aromatic N) is 3. The molecule has 0 bridgehead atoms. The van der Waals surface area contributed by atoms with Crippen molar-refractivity contribution in [3.63, 3.8) is 0 Å². The van der Waals surface area contributed by atoms with E-state index in [0.717, 1.165) is 16.8 Å². The third-order valence-corrected chi connectivity index (χ3v) is 2.53. The normalized spacial score (nSPS) is 10.4. The third kappa shape index (κ3) is 2.04. The van der Waals surface area contributed by atoms with Crippen LogP contribution in [0.2, 0.25) is 0 Å². The summed E-state index contributed by atoms with van der Waals surface area (Å²) in [4.78, 5) is 11.4. The van der Waals surface area contributed by atoms with Gasteiger partial charge in [0.15, 0.2) is 5.82 Å². The van der Waals surface area contributed by atoms with Crippen LogP contribution in [0.4, 0.5) is 5.82 Å². The van der Waals surface area contributed by atoms with Crippen LogP contribution >= 0.6 is 0 Å². The largest absolute Gasteiger partial charge is 0.464 e. The summed E-state index contributed by atoms with van der Waals surface area (Å²) in [5.41, 5.74) is 8.81. The van der Waals surface area contributed by atoms with Crippen LogP contribution in [0.3, 0.4) is 0 Å². The van der Waals surface area contributed by atoms with E-state index in [9.17, 15) is 4.79 Å². The van der Waals surface area contributed by atoms with Gasteiger partial charge in [0.2, 0.25) is 5.69 Å². The molecular weight excluding hydrogens is 232 g/mol. The van der Waals surface area contributed by atoms with Crippen molar-refractivity contribution in [2.45, 2.75) is 13.8 Å². The summed E-state index contributed by atoms with van der Waals surface area (Å²) in [6.07, 6.45) is 0. The Morgan fingerprint density at radius 3 is 2.44 bits per heavy atom. The highest BCUT2D eigenvalue weighted by Crippen LogP contribution is 2.18. The molecule has 2 aromatic rings. The summed E-state index contributed by atoms with van der Waals surface area (Å²) in [5, 5.41) is 7.61. The molecule has 1 aromatic carbocycles. The zero-order valence-electron chi connectivity index (χ0n) is 10.5. The van der Waals surface area contributed by atoms with E-state index in [1.807, 2.05) is 32.0 Å². The van der Waals surface area contributed by atoms with Gasteiger partial charge in [-0.25, -0.2) is 4.79 Å². The number of rotatable bonds is 2. The Morgan fingerprint density at radius 1 is 1.28 bits per heavy atom. The number of esters is 1. The standard InChI is InChI=1S/C12H14N4O2/c1-7-4-8(2)6-9(5-7)16-11(13)10(14-15-16)12(17)18-3/h4-6H,13H2,1-3H3. The Labute approximate surface area is 104 Å². The molecule has 0 unspecified atom stereocenters. The molecule has 2 N–H and O–H groups in total. The molecule has 0 saturated heterocycles. The van der Waals surface area contributed by atoms with Gasteiger partial charge in [-0.1, -0.05) is 11.3 Å². The molecule has 0 radical (unpaired) electrons. The Kier molecular flexibility index (Phi) is 3.01. The number of hydrogen-bond acceptors (Lipinski definition) is 5. The van der Waals surface area contributed by atoms with Crippen molar-refractivity contribution in [3.05, 3.63) is 35.0 Å². The predicted octanol–water partition coefficient (Wildman–Crippen LogP) is 1.25. The summed E-state index contributed by atoms with van der Waals surface area (Å²) >= 11 is 0. The van der Waals surface area contributed by atoms with E-state index in [1.165, 1.54) is 11.8 Å². The molecule has 0 aliphatic rings. The SMILES string of the molecule is COC(=O)c1nnn(-c2cc(C)cc(C)c2)c1N. The topological polar surface area (TPSA) is 83.0 Å². The number of methoxy groups -OCH3 is 1. The van der Waals surface area contributed by atoms with Crippen LogP contribution in [0.5, 0.6) is 0 Å². The number of aromatic nitrogens is 3. The first-order chi connectivity index (χ1) is 8.52. The molecule has 1 aromatic heterocycles. The fourth-order valence-corrected chi connectivity index (χ4v) is 1.79. The second kappa shape index (κ2) is 4.48. The van der Waals surface area contributed by atoms with Crippen molar-refractivity contribution in [3.8, 4) is 5.69 Å². The molecule has 0 amide bonds. The number of carbonyl (C=O) groups excluding carboxylic acids is 1. The lowest BCUT2D eigenvalue weighted by atomic mass is 10.1. The first-order valence-electron chi connectivity index (χ1n) is 5.41. The third-order valence-electron chi connectivity index (χ3n) is 2.53. The van der Waals surface area contributed by atoms with Crippen molar-refractivity contribution < 1.29 is 9.53 Å². The summed E-state index contributed by atoms with van der Waals surface area (Å²) in [6, 6.07) is 5.87. The highest BCUT2D eigenvalue weighted by Gasteiger charge is 2.18. The maximum atomic E-state index is 11.4. The fraction of sp³-hybridized carbons (Fsp3) is 0.250. The molecule has 0 aliphatic carbocycles. The average Bonchev–Trinajstić information content (AvgIpc) is 2.69.